The van der Waals surface area contributed by atoms with Crippen molar-refractivity contribution in [2.45, 2.75) is 71.9 Å². The van der Waals surface area contributed by atoms with Crippen LogP contribution >= 0.6 is 0 Å². The normalized spacial score (nSPS) is 24.9. The van der Waals surface area contributed by atoms with Gasteiger partial charge in [0.1, 0.15) is 0 Å². The Hall–Kier alpha value is -0.0800. The smallest absolute Gasteiger partial charge is 0.0193 e. The third-order valence-corrected chi connectivity index (χ3v) is 4.81. The summed E-state index contributed by atoms with van der Waals surface area (Å²) in [5.41, 5.74) is 6.81. The summed E-state index contributed by atoms with van der Waals surface area (Å²) in [5.74, 6) is 0.637. The minimum atomic E-state index is 0.333. The molecule has 0 aromatic carbocycles. The Bertz CT molecular complexity index is 215. The summed E-state index contributed by atoms with van der Waals surface area (Å²) in [6, 6.07) is 1.10. The number of hydrogen-bond acceptors (Lipinski definition) is 2. The van der Waals surface area contributed by atoms with E-state index in [-0.39, 0.29) is 0 Å². The van der Waals surface area contributed by atoms with Gasteiger partial charge in [0.05, 0.1) is 0 Å². The van der Waals surface area contributed by atoms with E-state index >= 15 is 0 Å². The molecule has 0 saturated heterocycles. The fourth-order valence-corrected chi connectivity index (χ4v) is 2.79. The molecule has 0 aliphatic heterocycles. The van der Waals surface area contributed by atoms with Crippen LogP contribution in [-0.4, -0.2) is 30.6 Å². The highest BCUT2D eigenvalue weighted by atomic mass is 15.1. The van der Waals surface area contributed by atoms with E-state index < -0.39 is 0 Å². The Morgan fingerprint density at radius 2 is 1.82 bits per heavy atom. The van der Waals surface area contributed by atoms with Gasteiger partial charge in [-0.15, -0.1) is 0 Å². The summed E-state index contributed by atoms with van der Waals surface area (Å²) in [5, 5.41) is 0. The van der Waals surface area contributed by atoms with Crippen molar-refractivity contribution in [3.63, 3.8) is 0 Å². The Morgan fingerprint density at radius 3 is 2.29 bits per heavy atom. The van der Waals surface area contributed by atoms with E-state index in [2.05, 4.69) is 39.6 Å². The van der Waals surface area contributed by atoms with Crippen molar-refractivity contribution in [1.29, 1.82) is 0 Å². The van der Waals surface area contributed by atoms with Crippen molar-refractivity contribution in [3.8, 4) is 0 Å². The lowest BCUT2D eigenvalue weighted by molar-refractivity contribution is 0.117. The van der Waals surface area contributed by atoms with E-state index in [1.54, 1.807) is 0 Å². The molecule has 0 amide bonds. The number of hydrogen-bond donors (Lipinski definition) is 1. The molecule has 0 aromatic rings. The molecule has 2 heteroatoms. The lowest BCUT2D eigenvalue weighted by Gasteiger charge is -2.39. The SMILES string of the molecule is CCC(C)C(N)CN(C)C1CCC(C)(C)CC1. The fraction of sp³-hybridized carbons (Fsp3) is 1.00. The molecule has 0 bridgehead atoms. The molecule has 0 spiro atoms. The second-order valence-electron chi connectivity index (χ2n) is 6.88. The van der Waals surface area contributed by atoms with Gasteiger partial charge >= 0.3 is 0 Å². The van der Waals surface area contributed by atoms with Crippen molar-refractivity contribution in [2.24, 2.45) is 17.1 Å². The van der Waals surface area contributed by atoms with Crippen LogP contribution in [-0.2, 0) is 0 Å². The third kappa shape index (κ3) is 4.59. The molecule has 2 atom stereocenters. The molecule has 1 aliphatic carbocycles. The van der Waals surface area contributed by atoms with Gasteiger partial charge in [0.2, 0.25) is 0 Å². The van der Waals surface area contributed by atoms with Gasteiger partial charge < -0.3 is 10.6 Å². The minimum Gasteiger partial charge on any atom is -0.326 e. The Morgan fingerprint density at radius 1 is 1.29 bits per heavy atom. The molecule has 0 aromatic heterocycles. The average molecular weight is 240 g/mol. The van der Waals surface area contributed by atoms with Gasteiger partial charge in [-0.25, -0.2) is 0 Å². The molecular weight excluding hydrogens is 208 g/mol. The first-order valence-electron chi connectivity index (χ1n) is 7.31. The van der Waals surface area contributed by atoms with E-state index in [0.717, 1.165) is 12.6 Å². The molecule has 1 saturated carbocycles. The van der Waals surface area contributed by atoms with Crippen molar-refractivity contribution < 1.29 is 0 Å². The fourth-order valence-electron chi connectivity index (χ4n) is 2.79. The monoisotopic (exact) mass is 240 g/mol. The summed E-state index contributed by atoms with van der Waals surface area (Å²) in [4.78, 5) is 2.51. The molecule has 1 aliphatic rings. The van der Waals surface area contributed by atoms with E-state index in [1.165, 1.54) is 32.1 Å². The molecule has 0 radical (unpaired) electrons. The van der Waals surface area contributed by atoms with Crippen molar-refractivity contribution in [1.82, 2.24) is 4.90 Å². The average Bonchev–Trinajstić information content (AvgIpc) is 2.27. The summed E-state index contributed by atoms with van der Waals surface area (Å²) in [6.45, 7) is 10.3. The highest BCUT2D eigenvalue weighted by molar-refractivity contribution is 4.84. The van der Waals surface area contributed by atoms with Crippen LogP contribution in [0.2, 0.25) is 0 Å². The van der Waals surface area contributed by atoms with Crippen LogP contribution in [0.3, 0.4) is 0 Å². The molecule has 102 valence electrons. The van der Waals surface area contributed by atoms with Gasteiger partial charge in [-0.05, 0) is 44.1 Å². The second-order valence-corrected chi connectivity index (χ2v) is 6.88. The predicted octanol–water partition coefficient (Wildman–Crippen LogP) is 3.26. The lowest BCUT2D eigenvalue weighted by atomic mass is 9.75. The largest absolute Gasteiger partial charge is 0.326 e. The zero-order valence-corrected chi connectivity index (χ0v) is 12.5. The maximum Gasteiger partial charge on any atom is 0.0193 e. The van der Waals surface area contributed by atoms with E-state index in [1.807, 2.05) is 0 Å². The van der Waals surface area contributed by atoms with Crippen molar-refractivity contribution in [3.05, 3.63) is 0 Å². The van der Waals surface area contributed by atoms with Crippen LogP contribution < -0.4 is 5.73 Å². The lowest BCUT2D eigenvalue weighted by Crippen LogP contribution is -2.45. The van der Waals surface area contributed by atoms with Crippen LogP contribution in [0.5, 0.6) is 0 Å². The molecule has 2 N–H and O–H groups in total. The molecule has 17 heavy (non-hydrogen) atoms. The molecule has 2 unspecified atom stereocenters. The zero-order valence-electron chi connectivity index (χ0n) is 12.5. The maximum absolute atomic E-state index is 6.25. The highest BCUT2D eigenvalue weighted by Gasteiger charge is 2.29. The minimum absolute atomic E-state index is 0.333. The van der Waals surface area contributed by atoms with Crippen molar-refractivity contribution in [2.75, 3.05) is 13.6 Å². The molecule has 1 fully saturated rings. The van der Waals surface area contributed by atoms with Gasteiger partial charge in [0.25, 0.3) is 0 Å². The first kappa shape index (κ1) is 15.0. The Balaban J connectivity index is 2.36. The first-order chi connectivity index (χ1) is 7.85. The molecule has 0 heterocycles. The maximum atomic E-state index is 6.25. The zero-order chi connectivity index (χ0) is 13.1. The van der Waals surface area contributed by atoms with Gasteiger partial charge in [0, 0.05) is 18.6 Å². The third-order valence-electron chi connectivity index (χ3n) is 4.81. The standard InChI is InChI=1S/C15H32N2/c1-6-12(2)14(16)11-17(5)13-7-9-15(3,4)10-8-13/h12-14H,6-11,16H2,1-5H3. The predicted molar refractivity (Wildman–Crippen MR) is 76.1 cm³/mol. The Kier molecular flexibility index (Phi) is 5.46. The van der Waals surface area contributed by atoms with Crippen molar-refractivity contribution >= 4 is 0 Å². The quantitative estimate of drug-likeness (QED) is 0.799. The van der Waals surface area contributed by atoms with Crippen LogP contribution in [0.25, 0.3) is 0 Å². The van der Waals surface area contributed by atoms with E-state index in [0.29, 0.717) is 17.4 Å². The summed E-state index contributed by atoms with van der Waals surface area (Å²) < 4.78 is 0. The Labute approximate surface area is 108 Å². The summed E-state index contributed by atoms with van der Waals surface area (Å²) in [6.07, 6.45) is 6.60. The molecular formula is C15H32N2. The van der Waals surface area contributed by atoms with Crippen LogP contribution in [0.4, 0.5) is 0 Å². The second kappa shape index (κ2) is 6.19. The highest BCUT2D eigenvalue weighted by Crippen LogP contribution is 2.36. The number of nitrogens with two attached hydrogens (primary N) is 1. The topological polar surface area (TPSA) is 29.3 Å². The number of nitrogens with zero attached hydrogens (tertiary/aromatic N) is 1. The van der Waals surface area contributed by atoms with Gasteiger partial charge in [-0.1, -0.05) is 34.1 Å². The summed E-state index contributed by atoms with van der Waals surface area (Å²) >= 11 is 0. The number of likely N-dealkylation sites (N-methyl/N-ethyl adjacent to an activating group) is 1. The van der Waals surface area contributed by atoms with E-state index in [9.17, 15) is 0 Å². The van der Waals surface area contributed by atoms with Gasteiger partial charge in [-0.3, -0.25) is 0 Å². The first-order valence-corrected chi connectivity index (χ1v) is 7.31. The molecule has 1 rings (SSSR count). The van der Waals surface area contributed by atoms with Gasteiger partial charge in [-0.2, -0.15) is 0 Å². The van der Waals surface area contributed by atoms with Crippen LogP contribution in [0, 0.1) is 11.3 Å². The van der Waals surface area contributed by atoms with Crippen LogP contribution in [0.15, 0.2) is 0 Å². The molecule has 2 nitrogen and oxygen atoms in total. The van der Waals surface area contributed by atoms with Crippen LogP contribution in [0.1, 0.15) is 59.8 Å². The number of rotatable bonds is 5. The van der Waals surface area contributed by atoms with Gasteiger partial charge in [0.15, 0.2) is 0 Å². The summed E-state index contributed by atoms with van der Waals surface area (Å²) in [7, 11) is 2.26. The van der Waals surface area contributed by atoms with E-state index in [4.69, 9.17) is 5.73 Å².